The van der Waals surface area contributed by atoms with Gasteiger partial charge in [-0.3, -0.25) is 0 Å². The fourth-order valence-electron chi connectivity index (χ4n) is 2.90. The highest BCUT2D eigenvalue weighted by Gasteiger charge is 2.08. The number of carbonyl (C=O) groups is 1. The first-order valence-electron chi connectivity index (χ1n) is 9.87. The molecule has 0 spiro atoms. The van der Waals surface area contributed by atoms with Gasteiger partial charge >= 0.3 is 5.97 Å². The summed E-state index contributed by atoms with van der Waals surface area (Å²) >= 11 is 0. The normalized spacial score (nSPS) is 11.3. The van der Waals surface area contributed by atoms with Crippen molar-refractivity contribution in [3.8, 4) is 16.9 Å². The van der Waals surface area contributed by atoms with Gasteiger partial charge in [-0.25, -0.2) is 4.79 Å². The van der Waals surface area contributed by atoms with E-state index in [1.165, 1.54) is 6.08 Å². The number of rotatable bonds is 11. The van der Waals surface area contributed by atoms with Crippen molar-refractivity contribution in [1.29, 1.82) is 0 Å². The summed E-state index contributed by atoms with van der Waals surface area (Å²) in [6.45, 7) is 8.26. The van der Waals surface area contributed by atoms with Crippen molar-refractivity contribution >= 4 is 12.0 Å². The fraction of sp³-hybridized carbons (Fsp3) is 0.375. The molecule has 0 heterocycles. The Morgan fingerprint density at radius 3 is 2.39 bits per heavy atom. The minimum atomic E-state index is -0.944. The number of ether oxygens (including phenoxy) is 2. The van der Waals surface area contributed by atoms with Gasteiger partial charge in [0.2, 0.25) is 0 Å². The molecular weight excluding hydrogens is 352 g/mol. The molecule has 0 radical (unpaired) electrons. The molecule has 0 saturated carbocycles. The van der Waals surface area contributed by atoms with E-state index in [0.29, 0.717) is 19.1 Å². The average Bonchev–Trinajstić information content (AvgIpc) is 2.69. The smallest absolute Gasteiger partial charge is 0.328 e. The van der Waals surface area contributed by atoms with Crippen LogP contribution in [0.2, 0.25) is 0 Å². The number of benzene rings is 2. The molecule has 4 heteroatoms. The molecule has 150 valence electrons. The molecule has 0 saturated heterocycles. The Hall–Kier alpha value is -2.59. The second-order valence-electron chi connectivity index (χ2n) is 7.01. The summed E-state index contributed by atoms with van der Waals surface area (Å²) in [6, 6.07) is 14.1. The maximum atomic E-state index is 10.9. The lowest BCUT2D eigenvalue weighted by Gasteiger charge is -2.13. The third-order valence-corrected chi connectivity index (χ3v) is 4.44. The number of hydrogen-bond donors (Lipinski definition) is 1. The molecule has 28 heavy (non-hydrogen) atoms. The maximum absolute atomic E-state index is 10.9. The summed E-state index contributed by atoms with van der Waals surface area (Å²) in [4.78, 5) is 10.9. The average molecular weight is 383 g/mol. The lowest BCUT2D eigenvalue weighted by atomic mass is 9.93. The minimum absolute atomic E-state index is 0.317. The molecular formula is C24H30O4. The lowest BCUT2D eigenvalue weighted by molar-refractivity contribution is -0.131. The zero-order valence-corrected chi connectivity index (χ0v) is 17.0. The van der Waals surface area contributed by atoms with Gasteiger partial charge in [-0.15, -0.1) is 0 Å². The third-order valence-electron chi connectivity index (χ3n) is 4.44. The third kappa shape index (κ3) is 6.86. The van der Waals surface area contributed by atoms with Crippen molar-refractivity contribution < 1.29 is 19.4 Å². The highest BCUT2D eigenvalue weighted by molar-refractivity contribution is 5.86. The van der Waals surface area contributed by atoms with Gasteiger partial charge in [-0.1, -0.05) is 51.5 Å². The first-order valence-corrected chi connectivity index (χ1v) is 9.87. The van der Waals surface area contributed by atoms with E-state index >= 15 is 0 Å². The van der Waals surface area contributed by atoms with E-state index < -0.39 is 5.97 Å². The zero-order chi connectivity index (χ0) is 20.4. The van der Waals surface area contributed by atoms with Crippen LogP contribution in [0.1, 0.15) is 50.7 Å². The van der Waals surface area contributed by atoms with Crippen molar-refractivity contribution in [3.63, 3.8) is 0 Å². The standard InChI is InChI=1S/C24H30O4/c1-4-5-14-27-15-16-28-22-10-6-19(7-11-22)20-8-12-23(18(2)3)21(17-20)9-13-24(25)26/h6-13,17-18H,4-5,14-16H2,1-3H3,(H,25,26)/b13-9+. The molecule has 4 nitrogen and oxygen atoms in total. The van der Waals surface area contributed by atoms with Gasteiger partial charge in [0.05, 0.1) is 6.61 Å². The van der Waals surface area contributed by atoms with Crippen molar-refractivity contribution in [2.75, 3.05) is 19.8 Å². The first-order chi connectivity index (χ1) is 13.5. The predicted molar refractivity (Wildman–Crippen MR) is 114 cm³/mol. The monoisotopic (exact) mass is 382 g/mol. The summed E-state index contributed by atoms with van der Waals surface area (Å²) in [7, 11) is 0. The van der Waals surface area contributed by atoms with Crippen molar-refractivity contribution in [3.05, 3.63) is 59.7 Å². The van der Waals surface area contributed by atoms with Crippen LogP contribution < -0.4 is 4.74 Å². The summed E-state index contributed by atoms with van der Waals surface area (Å²) in [5.41, 5.74) is 4.17. The van der Waals surface area contributed by atoms with Crippen LogP contribution in [0.3, 0.4) is 0 Å². The summed E-state index contributed by atoms with van der Waals surface area (Å²) < 4.78 is 11.2. The Bertz CT molecular complexity index is 776. The largest absolute Gasteiger partial charge is 0.491 e. The van der Waals surface area contributed by atoms with Crippen LogP contribution in [-0.2, 0) is 9.53 Å². The first kappa shape index (κ1) is 21.7. The summed E-state index contributed by atoms with van der Waals surface area (Å²) in [5, 5.41) is 8.94. The quantitative estimate of drug-likeness (QED) is 0.396. The van der Waals surface area contributed by atoms with E-state index in [9.17, 15) is 4.79 Å². The SMILES string of the molecule is CCCCOCCOc1ccc(-c2ccc(C(C)C)c(/C=C/C(=O)O)c2)cc1. The molecule has 2 aromatic carbocycles. The fourth-order valence-corrected chi connectivity index (χ4v) is 2.90. The molecule has 0 aliphatic rings. The maximum Gasteiger partial charge on any atom is 0.328 e. The van der Waals surface area contributed by atoms with Crippen molar-refractivity contribution in [2.45, 2.75) is 39.5 Å². The van der Waals surface area contributed by atoms with Crippen LogP contribution in [0, 0.1) is 0 Å². The Labute approximate surface area is 167 Å². The second-order valence-corrected chi connectivity index (χ2v) is 7.01. The Morgan fingerprint density at radius 1 is 1.04 bits per heavy atom. The summed E-state index contributed by atoms with van der Waals surface area (Å²) in [5.74, 6) is 0.186. The predicted octanol–water partition coefficient (Wildman–Crippen LogP) is 5.77. The molecule has 0 aliphatic carbocycles. The number of aliphatic carboxylic acids is 1. The number of carboxylic acid groups (broad SMARTS) is 1. The Morgan fingerprint density at radius 2 is 1.75 bits per heavy atom. The van der Waals surface area contributed by atoms with Gasteiger partial charge in [0, 0.05) is 12.7 Å². The molecule has 2 rings (SSSR count). The number of hydrogen-bond acceptors (Lipinski definition) is 3. The molecule has 0 bridgehead atoms. The highest BCUT2D eigenvalue weighted by atomic mass is 16.5. The van der Waals surface area contributed by atoms with E-state index in [1.54, 1.807) is 6.08 Å². The summed E-state index contributed by atoms with van der Waals surface area (Å²) in [6.07, 6.45) is 5.06. The second kappa shape index (κ2) is 11.3. The Kier molecular flexibility index (Phi) is 8.76. The van der Waals surface area contributed by atoms with E-state index in [2.05, 4.69) is 32.9 Å². The number of unbranched alkanes of at least 4 members (excludes halogenated alkanes) is 1. The van der Waals surface area contributed by atoms with Crippen LogP contribution in [0.4, 0.5) is 0 Å². The Balaban J connectivity index is 2.06. The van der Waals surface area contributed by atoms with Gasteiger partial charge in [-0.05, 0) is 58.9 Å². The number of carboxylic acids is 1. The molecule has 0 atom stereocenters. The van der Waals surface area contributed by atoms with Gasteiger partial charge < -0.3 is 14.6 Å². The molecule has 0 fully saturated rings. The van der Waals surface area contributed by atoms with Crippen LogP contribution in [0.15, 0.2) is 48.5 Å². The van der Waals surface area contributed by atoms with Crippen molar-refractivity contribution in [2.24, 2.45) is 0 Å². The molecule has 1 N–H and O–H groups in total. The molecule has 0 aliphatic heterocycles. The molecule has 0 aromatic heterocycles. The highest BCUT2D eigenvalue weighted by Crippen LogP contribution is 2.28. The van der Waals surface area contributed by atoms with E-state index in [0.717, 1.165) is 47.5 Å². The van der Waals surface area contributed by atoms with Crippen LogP contribution in [0.25, 0.3) is 17.2 Å². The molecule has 0 unspecified atom stereocenters. The van der Waals surface area contributed by atoms with E-state index in [1.807, 2.05) is 30.3 Å². The van der Waals surface area contributed by atoms with E-state index in [4.69, 9.17) is 14.6 Å². The van der Waals surface area contributed by atoms with Gasteiger partial charge in [0.15, 0.2) is 0 Å². The zero-order valence-electron chi connectivity index (χ0n) is 17.0. The van der Waals surface area contributed by atoms with Crippen LogP contribution in [-0.4, -0.2) is 30.9 Å². The molecule has 2 aromatic rings. The topological polar surface area (TPSA) is 55.8 Å². The van der Waals surface area contributed by atoms with Crippen LogP contribution >= 0.6 is 0 Å². The van der Waals surface area contributed by atoms with E-state index in [-0.39, 0.29) is 0 Å². The van der Waals surface area contributed by atoms with Gasteiger partial charge in [-0.2, -0.15) is 0 Å². The van der Waals surface area contributed by atoms with Gasteiger partial charge in [0.25, 0.3) is 0 Å². The van der Waals surface area contributed by atoms with Gasteiger partial charge in [0.1, 0.15) is 12.4 Å². The molecule has 0 amide bonds. The van der Waals surface area contributed by atoms with Crippen LogP contribution in [0.5, 0.6) is 5.75 Å². The lowest BCUT2D eigenvalue weighted by Crippen LogP contribution is -2.07. The van der Waals surface area contributed by atoms with Crippen molar-refractivity contribution in [1.82, 2.24) is 0 Å². The minimum Gasteiger partial charge on any atom is -0.491 e.